The number of hydrogen-bond donors (Lipinski definition) is 2. The molecule has 0 heterocycles. The molecule has 0 aliphatic rings. The topological polar surface area (TPSA) is 64.3 Å². The number of nitrogens with two attached hydrogens (primary N) is 1. The molecule has 0 amide bonds. The van der Waals surface area contributed by atoms with Crippen LogP contribution >= 0.6 is 0 Å². The molecule has 0 saturated carbocycles. The van der Waals surface area contributed by atoms with E-state index in [9.17, 15) is 4.79 Å². The second-order valence-electron chi connectivity index (χ2n) is 5.36. The quantitative estimate of drug-likeness (QED) is 0.277. The third-order valence-corrected chi connectivity index (χ3v) is 3.42. The van der Waals surface area contributed by atoms with Gasteiger partial charge in [-0.1, -0.05) is 64.7 Å². The Bertz CT molecular complexity index is 216. The molecule has 0 aromatic rings. The molecule has 0 fully saturated rings. The average molecular weight is 310 g/mol. The van der Waals surface area contributed by atoms with E-state index in [1.165, 1.54) is 64.2 Å². The molecule has 0 aliphatic heterocycles. The van der Waals surface area contributed by atoms with Crippen molar-refractivity contribution in [2.45, 2.75) is 71.1 Å². The van der Waals surface area contributed by atoms with Crippen LogP contribution < -0.4 is 11.1 Å². The molecule has 0 aliphatic carbocycles. The van der Waals surface area contributed by atoms with Gasteiger partial charge in [0.2, 0.25) is 0 Å². The fraction of sp³-hybridized carbons (Fsp3) is 0.938. The van der Waals surface area contributed by atoms with E-state index in [2.05, 4.69) is 12.2 Å². The Labute approximate surface area is 153 Å². The standard InChI is InChI=1S/C16H34N2O2.Na.H/c1-2-3-4-5-6-7-8-9-10-11-12-18-13-14-20-16(19)15-17;;/h18H,2-15,17H2,1H3;;. The van der Waals surface area contributed by atoms with E-state index in [4.69, 9.17) is 10.5 Å². The molecule has 0 atom stereocenters. The molecule has 0 rings (SSSR count). The molecule has 0 aromatic heterocycles. The second-order valence-corrected chi connectivity index (χ2v) is 5.36. The van der Waals surface area contributed by atoms with E-state index in [1.54, 1.807) is 0 Å². The molecule has 0 aromatic carbocycles. The van der Waals surface area contributed by atoms with Crippen LogP contribution in [0.1, 0.15) is 71.1 Å². The molecule has 0 saturated heterocycles. The molecular weight excluding hydrogens is 275 g/mol. The van der Waals surface area contributed by atoms with Crippen LogP contribution in [0.4, 0.5) is 0 Å². The van der Waals surface area contributed by atoms with Gasteiger partial charge in [-0.2, -0.15) is 0 Å². The summed E-state index contributed by atoms with van der Waals surface area (Å²) in [7, 11) is 0. The van der Waals surface area contributed by atoms with Crippen LogP contribution in [0.2, 0.25) is 0 Å². The molecular formula is C16H35N2NaO2. The maximum atomic E-state index is 10.8. The summed E-state index contributed by atoms with van der Waals surface area (Å²) >= 11 is 0. The number of carbonyl (C=O) groups excluding carboxylic acids is 1. The van der Waals surface area contributed by atoms with Gasteiger partial charge in [0, 0.05) is 6.54 Å². The van der Waals surface area contributed by atoms with Crippen molar-refractivity contribution in [2.24, 2.45) is 5.73 Å². The molecule has 122 valence electrons. The van der Waals surface area contributed by atoms with Gasteiger partial charge >= 0.3 is 35.5 Å². The number of hydrogen-bond acceptors (Lipinski definition) is 4. The Morgan fingerprint density at radius 2 is 1.43 bits per heavy atom. The van der Waals surface area contributed by atoms with Crippen molar-refractivity contribution in [3.63, 3.8) is 0 Å². The summed E-state index contributed by atoms with van der Waals surface area (Å²) in [4.78, 5) is 10.8. The van der Waals surface area contributed by atoms with Gasteiger partial charge in [-0.25, -0.2) is 0 Å². The van der Waals surface area contributed by atoms with Crippen LogP contribution in [0.15, 0.2) is 0 Å². The zero-order valence-corrected chi connectivity index (χ0v) is 13.3. The van der Waals surface area contributed by atoms with E-state index < -0.39 is 0 Å². The van der Waals surface area contributed by atoms with Crippen LogP contribution in [0.3, 0.4) is 0 Å². The van der Waals surface area contributed by atoms with Crippen LogP contribution in [-0.2, 0) is 9.53 Å². The first-order valence-electron chi connectivity index (χ1n) is 8.37. The summed E-state index contributed by atoms with van der Waals surface area (Å²) in [5, 5.41) is 3.27. The van der Waals surface area contributed by atoms with Gasteiger partial charge in [-0.05, 0) is 13.0 Å². The van der Waals surface area contributed by atoms with Gasteiger partial charge in [0.1, 0.15) is 6.61 Å². The Kier molecular flexibility index (Phi) is 23.0. The average Bonchev–Trinajstić information content (AvgIpc) is 2.47. The van der Waals surface area contributed by atoms with Crippen LogP contribution in [0, 0.1) is 0 Å². The van der Waals surface area contributed by atoms with Gasteiger partial charge < -0.3 is 15.8 Å². The molecule has 0 bridgehead atoms. The minimum absolute atomic E-state index is 0. The maximum absolute atomic E-state index is 10.8. The van der Waals surface area contributed by atoms with Crippen molar-refractivity contribution in [3.8, 4) is 0 Å². The van der Waals surface area contributed by atoms with Gasteiger partial charge in [0.15, 0.2) is 0 Å². The van der Waals surface area contributed by atoms with Crippen molar-refractivity contribution >= 4 is 35.5 Å². The Balaban J connectivity index is 0. The fourth-order valence-corrected chi connectivity index (χ4v) is 2.16. The van der Waals surface area contributed by atoms with Crippen molar-refractivity contribution in [3.05, 3.63) is 0 Å². The van der Waals surface area contributed by atoms with Gasteiger partial charge in [0.25, 0.3) is 0 Å². The fourth-order valence-electron chi connectivity index (χ4n) is 2.16. The molecule has 5 heteroatoms. The number of nitrogens with one attached hydrogen (secondary N) is 1. The van der Waals surface area contributed by atoms with Gasteiger partial charge in [-0.3, -0.25) is 4.79 Å². The van der Waals surface area contributed by atoms with Gasteiger partial charge in [-0.15, -0.1) is 0 Å². The Morgan fingerprint density at radius 1 is 0.905 bits per heavy atom. The summed E-state index contributed by atoms with van der Waals surface area (Å²) in [6, 6.07) is 0. The number of rotatable bonds is 15. The minimum atomic E-state index is -0.328. The molecule has 0 radical (unpaired) electrons. The monoisotopic (exact) mass is 310 g/mol. The van der Waals surface area contributed by atoms with Crippen LogP contribution in [-0.4, -0.2) is 61.8 Å². The predicted octanol–water partition coefficient (Wildman–Crippen LogP) is 2.35. The molecule has 4 nitrogen and oxygen atoms in total. The number of unbranched alkanes of at least 4 members (excludes halogenated alkanes) is 9. The van der Waals surface area contributed by atoms with Crippen molar-refractivity contribution in [1.29, 1.82) is 0 Å². The normalized spacial score (nSPS) is 10.2. The Morgan fingerprint density at radius 3 is 1.95 bits per heavy atom. The molecule has 0 unspecified atom stereocenters. The number of carbonyl (C=O) groups is 1. The summed E-state index contributed by atoms with van der Waals surface area (Å²) in [6.45, 7) is 4.39. The SMILES string of the molecule is CCCCCCCCCCCCNCCOC(=O)CN.[NaH]. The summed E-state index contributed by atoms with van der Waals surface area (Å²) in [6.07, 6.45) is 13.6. The summed E-state index contributed by atoms with van der Waals surface area (Å²) in [5.41, 5.74) is 5.13. The van der Waals surface area contributed by atoms with E-state index in [1.807, 2.05) is 0 Å². The third-order valence-electron chi connectivity index (χ3n) is 3.42. The number of esters is 1. The second kappa shape index (κ2) is 20.4. The molecule has 21 heavy (non-hydrogen) atoms. The van der Waals surface area contributed by atoms with E-state index in [0.29, 0.717) is 6.61 Å². The first-order chi connectivity index (χ1) is 9.81. The van der Waals surface area contributed by atoms with E-state index in [-0.39, 0.29) is 42.1 Å². The predicted molar refractivity (Wildman–Crippen MR) is 91.9 cm³/mol. The summed E-state index contributed by atoms with van der Waals surface area (Å²) in [5.74, 6) is -0.328. The van der Waals surface area contributed by atoms with Crippen molar-refractivity contribution < 1.29 is 9.53 Å². The van der Waals surface area contributed by atoms with Crippen LogP contribution in [0.5, 0.6) is 0 Å². The molecule has 0 spiro atoms. The first-order valence-corrected chi connectivity index (χ1v) is 8.37. The van der Waals surface area contributed by atoms with Crippen molar-refractivity contribution in [1.82, 2.24) is 5.32 Å². The van der Waals surface area contributed by atoms with Gasteiger partial charge in [0.05, 0.1) is 6.54 Å². The van der Waals surface area contributed by atoms with Crippen molar-refractivity contribution in [2.75, 3.05) is 26.2 Å². The zero-order chi connectivity index (χ0) is 14.9. The van der Waals surface area contributed by atoms with E-state index >= 15 is 0 Å². The summed E-state index contributed by atoms with van der Waals surface area (Å²) < 4.78 is 4.86. The number of ether oxygens (including phenoxy) is 1. The third kappa shape index (κ3) is 20.4. The first kappa shape index (κ1) is 23.7. The zero-order valence-electron chi connectivity index (χ0n) is 13.3. The Hall–Kier alpha value is 0.390. The van der Waals surface area contributed by atoms with E-state index in [0.717, 1.165) is 13.1 Å². The molecule has 3 N–H and O–H groups in total. The van der Waals surface area contributed by atoms with Crippen LogP contribution in [0.25, 0.3) is 0 Å².